The molecule has 21 heavy (non-hydrogen) atoms. The lowest BCUT2D eigenvalue weighted by Gasteiger charge is -2.08. The molecule has 0 bridgehead atoms. The Kier molecular flexibility index (Phi) is 4.06. The van der Waals surface area contributed by atoms with Crippen LogP contribution >= 0.6 is 11.3 Å². The number of hydrogen-bond acceptors (Lipinski definition) is 4. The lowest BCUT2D eigenvalue weighted by atomic mass is 10.2. The summed E-state index contributed by atoms with van der Waals surface area (Å²) in [5, 5.41) is 4.56. The molecule has 0 fully saturated rings. The van der Waals surface area contributed by atoms with Crippen molar-refractivity contribution in [2.24, 2.45) is 0 Å². The lowest BCUT2D eigenvalue weighted by Crippen LogP contribution is -1.99. The summed E-state index contributed by atoms with van der Waals surface area (Å²) in [6.07, 6.45) is 0. The Morgan fingerprint density at radius 3 is 2.71 bits per heavy atom. The molecule has 1 heterocycles. The quantitative estimate of drug-likeness (QED) is 0.746. The van der Waals surface area contributed by atoms with Gasteiger partial charge in [0.2, 0.25) is 0 Å². The molecule has 3 nitrogen and oxygen atoms in total. The Labute approximate surface area is 128 Å². The number of anilines is 1. The van der Waals surface area contributed by atoms with E-state index >= 15 is 0 Å². The zero-order chi connectivity index (χ0) is 14.7. The number of fused-ring (bicyclic) bond motifs is 1. The van der Waals surface area contributed by atoms with Crippen LogP contribution in [0.3, 0.4) is 0 Å². The van der Waals surface area contributed by atoms with E-state index in [2.05, 4.69) is 40.6 Å². The number of nitrogens with one attached hydrogen (secondary N) is 1. The predicted molar refractivity (Wildman–Crippen MR) is 89.3 cm³/mol. The number of aromatic nitrogens is 1. The Balaban J connectivity index is 1.67. The van der Waals surface area contributed by atoms with Crippen LogP contribution in [0.15, 0.2) is 42.5 Å². The van der Waals surface area contributed by atoms with Crippen LogP contribution in [0.2, 0.25) is 0 Å². The summed E-state index contributed by atoms with van der Waals surface area (Å²) < 4.78 is 6.67. The van der Waals surface area contributed by atoms with E-state index in [9.17, 15) is 0 Å². The first kappa shape index (κ1) is 13.9. The van der Waals surface area contributed by atoms with Crippen molar-refractivity contribution >= 4 is 27.2 Å². The van der Waals surface area contributed by atoms with Gasteiger partial charge in [0.05, 0.1) is 21.8 Å². The number of rotatable bonds is 5. The molecular weight excluding hydrogens is 280 g/mol. The largest absolute Gasteiger partial charge is 0.494 e. The van der Waals surface area contributed by atoms with Gasteiger partial charge in [-0.25, -0.2) is 4.98 Å². The van der Waals surface area contributed by atoms with E-state index in [1.54, 1.807) is 11.3 Å². The maximum absolute atomic E-state index is 5.45. The van der Waals surface area contributed by atoms with Crippen LogP contribution in [-0.2, 0) is 6.54 Å². The first-order chi connectivity index (χ1) is 10.2. The van der Waals surface area contributed by atoms with Crippen molar-refractivity contribution in [3.63, 3.8) is 0 Å². The maximum atomic E-state index is 5.45. The molecule has 0 aliphatic carbocycles. The molecule has 1 aromatic heterocycles. The van der Waals surface area contributed by atoms with Crippen molar-refractivity contribution in [2.45, 2.75) is 20.4 Å². The molecule has 0 unspecified atom stereocenters. The third-order valence-electron chi connectivity index (χ3n) is 3.23. The molecule has 0 radical (unpaired) electrons. The number of hydrogen-bond donors (Lipinski definition) is 1. The number of benzene rings is 2. The second kappa shape index (κ2) is 6.14. The summed E-state index contributed by atoms with van der Waals surface area (Å²) in [7, 11) is 0. The Morgan fingerprint density at radius 1 is 1.14 bits per heavy atom. The normalized spacial score (nSPS) is 10.8. The Bertz CT molecular complexity index is 734. The highest BCUT2D eigenvalue weighted by Gasteiger charge is 2.02. The van der Waals surface area contributed by atoms with Gasteiger partial charge in [-0.3, -0.25) is 0 Å². The van der Waals surface area contributed by atoms with Gasteiger partial charge in [-0.2, -0.15) is 0 Å². The van der Waals surface area contributed by atoms with Crippen molar-refractivity contribution in [2.75, 3.05) is 11.9 Å². The molecule has 0 atom stereocenters. The predicted octanol–water partition coefficient (Wildman–Crippen LogP) is 4.62. The molecule has 0 amide bonds. The van der Waals surface area contributed by atoms with Gasteiger partial charge >= 0.3 is 0 Å². The Morgan fingerprint density at radius 2 is 1.95 bits per heavy atom. The minimum absolute atomic E-state index is 0.700. The molecule has 4 heteroatoms. The van der Waals surface area contributed by atoms with Crippen LogP contribution in [0.1, 0.15) is 17.5 Å². The van der Waals surface area contributed by atoms with E-state index in [0.717, 1.165) is 28.5 Å². The van der Waals surface area contributed by atoms with Gasteiger partial charge in [0.25, 0.3) is 0 Å². The summed E-state index contributed by atoms with van der Waals surface area (Å²) in [4.78, 5) is 4.48. The summed E-state index contributed by atoms with van der Waals surface area (Å²) in [5.41, 5.74) is 3.43. The van der Waals surface area contributed by atoms with Gasteiger partial charge in [-0.05, 0) is 49.7 Å². The topological polar surface area (TPSA) is 34.1 Å². The first-order valence-electron chi connectivity index (χ1n) is 7.07. The lowest BCUT2D eigenvalue weighted by molar-refractivity contribution is 0.340. The van der Waals surface area contributed by atoms with E-state index in [1.165, 1.54) is 10.3 Å². The van der Waals surface area contributed by atoms with E-state index in [-0.39, 0.29) is 0 Å². The summed E-state index contributed by atoms with van der Waals surface area (Å²) >= 11 is 1.73. The van der Waals surface area contributed by atoms with Gasteiger partial charge < -0.3 is 10.1 Å². The smallest absolute Gasteiger partial charge is 0.119 e. The third-order valence-corrected chi connectivity index (χ3v) is 4.16. The molecule has 3 rings (SSSR count). The van der Waals surface area contributed by atoms with Crippen LogP contribution in [0.25, 0.3) is 10.2 Å². The fraction of sp³-hybridized carbons (Fsp3) is 0.235. The maximum Gasteiger partial charge on any atom is 0.119 e. The monoisotopic (exact) mass is 298 g/mol. The van der Waals surface area contributed by atoms with Gasteiger partial charge in [-0.15, -0.1) is 11.3 Å². The van der Waals surface area contributed by atoms with Gasteiger partial charge in [0.15, 0.2) is 0 Å². The molecule has 108 valence electrons. The van der Waals surface area contributed by atoms with Crippen LogP contribution in [0.4, 0.5) is 5.69 Å². The van der Waals surface area contributed by atoms with Crippen LogP contribution < -0.4 is 10.1 Å². The zero-order valence-electron chi connectivity index (χ0n) is 12.2. The molecule has 0 aliphatic rings. The average molecular weight is 298 g/mol. The number of ether oxygens (including phenoxy) is 1. The molecule has 0 aliphatic heterocycles. The minimum atomic E-state index is 0.700. The van der Waals surface area contributed by atoms with Crippen molar-refractivity contribution < 1.29 is 4.74 Å². The molecule has 3 aromatic rings. The van der Waals surface area contributed by atoms with Gasteiger partial charge in [0, 0.05) is 12.2 Å². The molecule has 0 spiro atoms. The number of thiazole rings is 1. The molecule has 0 saturated carbocycles. The fourth-order valence-electron chi connectivity index (χ4n) is 2.22. The van der Waals surface area contributed by atoms with E-state index in [1.807, 2.05) is 26.0 Å². The third kappa shape index (κ3) is 3.34. The number of aryl methyl sites for hydroxylation is 1. The van der Waals surface area contributed by atoms with Crippen LogP contribution in [-0.4, -0.2) is 11.6 Å². The fourth-order valence-corrected chi connectivity index (χ4v) is 3.09. The van der Waals surface area contributed by atoms with Crippen molar-refractivity contribution in [3.05, 3.63) is 53.0 Å². The van der Waals surface area contributed by atoms with E-state index in [0.29, 0.717) is 6.61 Å². The molecule has 0 saturated heterocycles. The summed E-state index contributed by atoms with van der Waals surface area (Å²) in [6.45, 7) is 5.53. The van der Waals surface area contributed by atoms with Gasteiger partial charge in [0.1, 0.15) is 5.75 Å². The van der Waals surface area contributed by atoms with E-state index in [4.69, 9.17) is 4.74 Å². The van der Waals surface area contributed by atoms with Crippen molar-refractivity contribution in [1.29, 1.82) is 0 Å². The van der Waals surface area contributed by atoms with Crippen LogP contribution in [0.5, 0.6) is 5.75 Å². The Hall–Kier alpha value is -2.07. The van der Waals surface area contributed by atoms with E-state index < -0.39 is 0 Å². The molecule has 2 aromatic carbocycles. The van der Waals surface area contributed by atoms with Crippen molar-refractivity contribution in [3.8, 4) is 5.75 Å². The highest BCUT2D eigenvalue weighted by atomic mass is 32.1. The molecular formula is C17H18N2OS. The average Bonchev–Trinajstić information content (AvgIpc) is 2.86. The summed E-state index contributed by atoms with van der Waals surface area (Å²) in [6, 6.07) is 14.5. The second-order valence-corrected chi connectivity index (χ2v) is 6.08. The highest BCUT2D eigenvalue weighted by molar-refractivity contribution is 7.18. The standard InChI is InChI=1S/C17H18N2OS/c1-3-20-15-7-4-13(5-8-15)11-18-14-6-9-16-17(10-14)21-12(2)19-16/h4-10,18H,3,11H2,1-2H3. The molecule has 1 N–H and O–H groups in total. The zero-order valence-corrected chi connectivity index (χ0v) is 13.0. The van der Waals surface area contributed by atoms with Gasteiger partial charge in [-0.1, -0.05) is 12.1 Å². The summed E-state index contributed by atoms with van der Waals surface area (Å²) in [5.74, 6) is 0.919. The SMILES string of the molecule is CCOc1ccc(CNc2ccc3nc(C)sc3c2)cc1. The first-order valence-corrected chi connectivity index (χ1v) is 7.89. The minimum Gasteiger partial charge on any atom is -0.494 e. The second-order valence-electron chi connectivity index (χ2n) is 4.85. The van der Waals surface area contributed by atoms with Crippen LogP contribution in [0, 0.1) is 6.92 Å². The van der Waals surface area contributed by atoms with Crippen molar-refractivity contribution in [1.82, 2.24) is 4.98 Å². The number of nitrogens with zero attached hydrogens (tertiary/aromatic N) is 1. The highest BCUT2D eigenvalue weighted by Crippen LogP contribution is 2.25.